The molecule has 1 aliphatic rings. The number of ether oxygens (including phenoxy) is 1. The van der Waals surface area contributed by atoms with Crippen LogP contribution in [-0.4, -0.2) is 56.5 Å². The van der Waals surface area contributed by atoms with Crippen LogP contribution in [0.1, 0.15) is 9.67 Å². The summed E-state index contributed by atoms with van der Waals surface area (Å²) in [4.78, 5) is 16.6. The quantitative estimate of drug-likeness (QED) is 0.802. The summed E-state index contributed by atoms with van der Waals surface area (Å²) >= 11 is 3.23. The summed E-state index contributed by atoms with van der Waals surface area (Å²) in [5.41, 5.74) is 2.25. The molecule has 0 atom stereocenters. The van der Waals surface area contributed by atoms with Crippen molar-refractivity contribution in [2.24, 2.45) is 0 Å². The lowest BCUT2D eigenvalue weighted by atomic mass is 10.1. The number of thioether (sulfide) groups is 1. The molecular formula is C18H22N2O2S2. The van der Waals surface area contributed by atoms with Crippen LogP contribution < -0.4 is 5.32 Å². The number of carbonyl (C=O) groups is 1. The van der Waals surface area contributed by atoms with Crippen molar-refractivity contribution in [2.45, 2.75) is 4.90 Å². The number of amides is 1. The molecule has 0 spiro atoms. The van der Waals surface area contributed by atoms with Gasteiger partial charge in [-0.3, -0.25) is 9.69 Å². The normalized spacial score (nSPS) is 15.4. The maximum atomic E-state index is 12.3. The van der Waals surface area contributed by atoms with Gasteiger partial charge in [0, 0.05) is 31.1 Å². The molecule has 1 aliphatic heterocycles. The Bertz CT molecular complexity index is 664. The average Bonchev–Trinajstić information content (AvgIpc) is 3.13. The van der Waals surface area contributed by atoms with E-state index in [1.165, 1.54) is 16.2 Å². The number of nitrogens with one attached hydrogen (secondary N) is 1. The summed E-state index contributed by atoms with van der Waals surface area (Å²) in [5.74, 6) is 0.0141. The van der Waals surface area contributed by atoms with Crippen molar-refractivity contribution in [3.8, 4) is 11.1 Å². The van der Waals surface area contributed by atoms with Crippen LogP contribution in [-0.2, 0) is 4.74 Å². The summed E-state index contributed by atoms with van der Waals surface area (Å²) in [6.45, 7) is 5.03. The third-order valence-corrected chi connectivity index (χ3v) is 5.74. The molecule has 0 unspecified atom stereocenters. The van der Waals surface area contributed by atoms with Crippen LogP contribution in [0.3, 0.4) is 0 Å². The van der Waals surface area contributed by atoms with E-state index in [0.717, 1.165) is 48.9 Å². The molecule has 1 N–H and O–H groups in total. The van der Waals surface area contributed by atoms with Gasteiger partial charge in [0.25, 0.3) is 5.91 Å². The fourth-order valence-corrected chi connectivity index (χ4v) is 3.87. The Hall–Kier alpha value is -1.34. The topological polar surface area (TPSA) is 41.6 Å². The van der Waals surface area contributed by atoms with Crippen LogP contribution in [0.2, 0.25) is 0 Å². The van der Waals surface area contributed by atoms with Crippen LogP contribution in [0.25, 0.3) is 11.1 Å². The van der Waals surface area contributed by atoms with E-state index < -0.39 is 0 Å². The van der Waals surface area contributed by atoms with Crippen molar-refractivity contribution in [1.82, 2.24) is 10.2 Å². The second-order valence-electron chi connectivity index (χ2n) is 5.64. The predicted molar refractivity (Wildman–Crippen MR) is 101 cm³/mol. The molecule has 0 radical (unpaired) electrons. The fraction of sp³-hybridized carbons (Fsp3) is 0.389. The first-order valence-electron chi connectivity index (χ1n) is 8.07. The Kier molecular flexibility index (Phi) is 6.31. The molecule has 1 amide bonds. The summed E-state index contributed by atoms with van der Waals surface area (Å²) < 4.78 is 5.33. The van der Waals surface area contributed by atoms with E-state index in [4.69, 9.17) is 4.74 Å². The molecule has 3 rings (SSSR count). The highest BCUT2D eigenvalue weighted by molar-refractivity contribution is 7.98. The monoisotopic (exact) mass is 362 g/mol. The van der Waals surface area contributed by atoms with E-state index in [0.29, 0.717) is 6.54 Å². The zero-order valence-corrected chi connectivity index (χ0v) is 15.4. The fourth-order valence-electron chi connectivity index (χ4n) is 2.63. The zero-order valence-electron chi connectivity index (χ0n) is 13.8. The van der Waals surface area contributed by atoms with Crippen molar-refractivity contribution in [3.63, 3.8) is 0 Å². The Labute approximate surface area is 151 Å². The molecule has 1 aromatic carbocycles. The highest BCUT2D eigenvalue weighted by Gasteiger charge is 2.12. The van der Waals surface area contributed by atoms with E-state index in [-0.39, 0.29) is 5.91 Å². The molecule has 1 fully saturated rings. The van der Waals surface area contributed by atoms with Crippen molar-refractivity contribution in [3.05, 3.63) is 40.6 Å². The number of carbonyl (C=O) groups excluding carboxylic acids is 1. The van der Waals surface area contributed by atoms with Gasteiger partial charge in [0.1, 0.15) is 0 Å². The van der Waals surface area contributed by atoms with Crippen LogP contribution in [0, 0.1) is 0 Å². The molecule has 24 heavy (non-hydrogen) atoms. The second-order valence-corrected chi connectivity index (χ2v) is 7.43. The minimum Gasteiger partial charge on any atom is -0.379 e. The smallest absolute Gasteiger partial charge is 0.261 e. The molecule has 0 saturated carbocycles. The van der Waals surface area contributed by atoms with E-state index in [1.54, 1.807) is 11.8 Å². The third kappa shape index (κ3) is 4.60. The van der Waals surface area contributed by atoms with Crippen molar-refractivity contribution in [2.75, 3.05) is 45.6 Å². The molecule has 1 saturated heterocycles. The lowest BCUT2D eigenvalue weighted by Crippen LogP contribution is -2.41. The lowest BCUT2D eigenvalue weighted by Gasteiger charge is -2.26. The Morgan fingerprint density at radius 2 is 2.00 bits per heavy atom. The van der Waals surface area contributed by atoms with Crippen LogP contribution in [0.5, 0.6) is 0 Å². The molecular weight excluding hydrogens is 340 g/mol. The first-order valence-corrected chi connectivity index (χ1v) is 10.2. The molecule has 6 heteroatoms. The average molecular weight is 363 g/mol. The number of morpholine rings is 1. The molecule has 2 aromatic rings. The summed E-state index contributed by atoms with van der Waals surface area (Å²) in [6.07, 6.45) is 2.07. The lowest BCUT2D eigenvalue weighted by molar-refractivity contribution is 0.0383. The summed E-state index contributed by atoms with van der Waals surface area (Å²) in [5, 5.41) is 5.06. The van der Waals surface area contributed by atoms with Crippen molar-refractivity contribution >= 4 is 29.0 Å². The van der Waals surface area contributed by atoms with Crippen LogP contribution in [0.15, 0.2) is 40.6 Å². The van der Waals surface area contributed by atoms with Gasteiger partial charge in [0.05, 0.1) is 18.1 Å². The van der Waals surface area contributed by atoms with E-state index >= 15 is 0 Å². The molecule has 0 aliphatic carbocycles. The van der Waals surface area contributed by atoms with Gasteiger partial charge in [-0.2, -0.15) is 0 Å². The maximum absolute atomic E-state index is 12.3. The maximum Gasteiger partial charge on any atom is 0.261 e. The summed E-state index contributed by atoms with van der Waals surface area (Å²) in [7, 11) is 0. The molecule has 2 heterocycles. The van der Waals surface area contributed by atoms with Gasteiger partial charge in [-0.15, -0.1) is 23.1 Å². The predicted octanol–water partition coefficient (Wildman–Crippen LogP) is 3.20. The van der Waals surface area contributed by atoms with Gasteiger partial charge in [0.15, 0.2) is 0 Å². The highest BCUT2D eigenvalue weighted by atomic mass is 32.2. The molecule has 128 valence electrons. The Balaban J connectivity index is 1.53. The molecule has 0 bridgehead atoms. The minimum atomic E-state index is 0.0141. The van der Waals surface area contributed by atoms with E-state index in [1.807, 2.05) is 11.4 Å². The minimum absolute atomic E-state index is 0.0141. The zero-order chi connectivity index (χ0) is 16.8. The standard InChI is InChI=1S/C18H22N2O2S2/c1-23-16-4-2-14(3-5-16)15-12-17(24-13-15)18(21)19-6-7-20-8-10-22-11-9-20/h2-5,12-13H,6-11H2,1H3,(H,19,21). The molecule has 1 aromatic heterocycles. The van der Waals surface area contributed by atoms with Gasteiger partial charge in [0.2, 0.25) is 0 Å². The number of hydrogen-bond acceptors (Lipinski definition) is 5. The van der Waals surface area contributed by atoms with Crippen LogP contribution >= 0.6 is 23.1 Å². The molecule has 4 nitrogen and oxygen atoms in total. The van der Waals surface area contributed by atoms with Crippen LogP contribution in [0.4, 0.5) is 0 Å². The van der Waals surface area contributed by atoms with Gasteiger partial charge in [-0.1, -0.05) is 12.1 Å². The summed E-state index contributed by atoms with van der Waals surface area (Å²) in [6, 6.07) is 10.4. The number of rotatable bonds is 6. The number of thiophene rings is 1. The SMILES string of the molecule is CSc1ccc(-c2csc(C(=O)NCCN3CCOCC3)c2)cc1. The largest absolute Gasteiger partial charge is 0.379 e. The van der Waals surface area contributed by atoms with Gasteiger partial charge in [-0.05, 0) is 41.0 Å². The first kappa shape index (κ1) is 17.5. The number of nitrogens with zero attached hydrogens (tertiary/aromatic N) is 1. The Morgan fingerprint density at radius 3 is 2.71 bits per heavy atom. The Morgan fingerprint density at radius 1 is 1.25 bits per heavy atom. The number of hydrogen-bond donors (Lipinski definition) is 1. The highest BCUT2D eigenvalue weighted by Crippen LogP contribution is 2.27. The second kappa shape index (κ2) is 8.67. The van der Waals surface area contributed by atoms with Gasteiger partial charge >= 0.3 is 0 Å². The number of benzene rings is 1. The van der Waals surface area contributed by atoms with E-state index in [9.17, 15) is 4.79 Å². The van der Waals surface area contributed by atoms with Gasteiger partial charge < -0.3 is 10.1 Å². The third-order valence-electron chi connectivity index (χ3n) is 4.06. The first-order chi connectivity index (χ1) is 11.8. The van der Waals surface area contributed by atoms with Crippen molar-refractivity contribution < 1.29 is 9.53 Å². The van der Waals surface area contributed by atoms with E-state index in [2.05, 4.69) is 40.7 Å². The van der Waals surface area contributed by atoms with Gasteiger partial charge in [-0.25, -0.2) is 0 Å². The van der Waals surface area contributed by atoms with Crippen molar-refractivity contribution in [1.29, 1.82) is 0 Å².